The fourth-order valence-electron chi connectivity index (χ4n) is 4.79. The quantitative estimate of drug-likeness (QED) is 0.0963. The lowest BCUT2D eigenvalue weighted by Gasteiger charge is -2.13. The molecule has 0 N–H and O–H groups in total. The Kier molecular flexibility index (Phi) is 26.5. The molecular weight excluding hydrogens is 360 g/mol. The molecule has 0 saturated carbocycles. The van der Waals surface area contributed by atoms with Crippen molar-refractivity contribution in [1.29, 1.82) is 0 Å². The Bertz CT molecular complexity index is 305. The fourth-order valence-corrected chi connectivity index (χ4v) is 4.79. The van der Waals surface area contributed by atoms with Crippen molar-refractivity contribution >= 4 is 0 Å². The minimum atomic E-state index is 0.973. The number of rotatable bonds is 26. The smallest absolute Gasteiger partial charge is 0.0353 e. The van der Waals surface area contributed by atoms with Gasteiger partial charge >= 0.3 is 0 Å². The first-order valence-electron chi connectivity index (χ1n) is 14.5. The summed E-state index contributed by atoms with van der Waals surface area (Å²) in [6, 6.07) is 0. The van der Waals surface area contributed by atoms with Crippen molar-refractivity contribution in [3.05, 3.63) is 12.7 Å². The Balaban J connectivity index is 3.13. The third kappa shape index (κ3) is 24.0. The molecule has 0 aliphatic carbocycles. The van der Waals surface area contributed by atoms with Crippen LogP contribution in [0.3, 0.4) is 0 Å². The molecule has 0 aromatic rings. The van der Waals surface area contributed by atoms with Crippen LogP contribution in [0.25, 0.3) is 0 Å². The Morgan fingerprint density at radius 2 is 0.800 bits per heavy atom. The maximum atomic E-state index is 3.84. The number of allylic oxidation sites excluding steroid dienone is 1. The summed E-state index contributed by atoms with van der Waals surface area (Å²) in [5.74, 6) is 0.973. The Morgan fingerprint density at radius 1 is 0.467 bits per heavy atom. The minimum absolute atomic E-state index is 0.973. The van der Waals surface area contributed by atoms with Gasteiger partial charge in [-0.3, -0.25) is 0 Å². The largest absolute Gasteiger partial charge is 0.103 e. The monoisotopic (exact) mass is 420 g/mol. The van der Waals surface area contributed by atoms with E-state index < -0.39 is 0 Å². The summed E-state index contributed by atoms with van der Waals surface area (Å²) in [5.41, 5.74) is 0. The van der Waals surface area contributed by atoms with Crippen LogP contribution in [0.1, 0.15) is 174 Å². The first-order valence-corrected chi connectivity index (χ1v) is 14.5. The second-order valence-corrected chi connectivity index (χ2v) is 10.0. The molecule has 0 fully saturated rings. The molecule has 1 unspecified atom stereocenters. The molecular formula is C30H60. The van der Waals surface area contributed by atoms with Crippen LogP contribution >= 0.6 is 0 Å². The molecule has 0 bridgehead atoms. The molecule has 1 atom stereocenters. The van der Waals surface area contributed by atoms with E-state index in [9.17, 15) is 0 Å². The first-order chi connectivity index (χ1) is 14.8. The van der Waals surface area contributed by atoms with Crippen molar-refractivity contribution < 1.29 is 0 Å². The zero-order valence-electron chi connectivity index (χ0n) is 21.5. The van der Waals surface area contributed by atoms with E-state index in [-0.39, 0.29) is 0 Å². The summed E-state index contributed by atoms with van der Waals surface area (Å²) < 4.78 is 0. The normalized spacial score (nSPS) is 12.3. The first kappa shape index (κ1) is 29.7. The summed E-state index contributed by atoms with van der Waals surface area (Å²) >= 11 is 0. The molecule has 0 aromatic heterocycles. The van der Waals surface area contributed by atoms with Crippen LogP contribution < -0.4 is 0 Å². The van der Waals surface area contributed by atoms with Gasteiger partial charge in [-0.05, 0) is 18.8 Å². The lowest BCUT2D eigenvalue weighted by atomic mass is 9.93. The maximum absolute atomic E-state index is 3.84. The Morgan fingerprint density at radius 3 is 1.13 bits per heavy atom. The van der Waals surface area contributed by atoms with Crippen LogP contribution in [0.4, 0.5) is 0 Å². The Labute approximate surface area is 193 Å². The van der Waals surface area contributed by atoms with Gasteiger partial charge in [0.1, 0.15) is 0 Å². The molecule has 0 spiro atoms. The van der Waals surface area contributed by atoms with Gasteiger partial charge in [-0.1, -0.05) is 168 Å². The molecule has 0 heterocycles. The van der Waals surface area contributed by atoms with Gasteiger partial charge in [0, 0.05) is 0 Å². The zero-order valence-corrected chi connectivity index (χ0v) is 21.5. The molecule has 0 aliphatic rings. The summed E-state index contributed by atoms with van der Waals surface area (Å²) in [7, 11) is 0. The van der Waals surface area contributed by atoms with E-state index in [2.05, 4.69) is 26.5 Å². The van der Waals surface area contributed by atoms with Gasteiger partial charge in [-0.2, -0.15) is 0 Å². The van der Waals surface area contributed by atoms with E-state index in [0.717, 1.165) is 5.92 Å². The topological polar surface area (TPSA) is 0 Å². The van der Waals surface area contributed by atoms with Gasteiger partial charge in [-0.15, -0.1) is 6.58 Å². The molecule has 0 heteroatoms. The summed E-state index contributed by atoms with van der Waals surface area (Å²) in [6.07, 6.45) is 38.3. The van der Waals surface area contributed by atoms with E-state index in [1.807, 2.05) is 0 Å². The minimum Gasteiger partial charge on any atom is -0.103 e. The average molecular weight is 421 g/mol. The Hall–Kier alpha value is -0.260. The number of hydrogen-bond acceptors (Lipinski definition) is 0. The summed E-state index contributed by atoms with van der Waals surface area (Å²) in [6.45, 7) is 8.51. The van der Waals surface area contributed by atoms with Gasteiger partial charge in [0.2, 0.25) is 0 Å². The lowest BCUT2D eigenvalue weighted by molar-refractivity contribution is 0.402. The van der Waals surface area contributed by atoms with Crippen molar-refractivity contribution in [2.75, 3.05) is 0 Å². The highest BCUT2D eigenvalue weighted by molar-refractivity contribution is 4.67. The van der Waals surface area contributed by atoms with Crippen LogP contribution in [-0.4, -0.2) is 0 Å². The third-order valence-electron chi connectivity index (χ3n) is 7.06. The molecule has 0 radical (unpaired) electrons. The highest BCUT2D eigenvalue weighted by atomic mass is 14.1. The maximum Gasteiger partial charge on any atom is -0.0353 e. The molecule has 0 nitrogen and oxygen atoms in total. The predicted octanol–water partition coefficient (Wildman–Crippen LogP) is 11.6. The van der Waals surface area contributed by atoms with Crippen LogP contribution in [0.5, 0.6) is 0 Å². The van der Waals surface area contributed by atoms with Gasteiger partial charge in [0.05, 0.1) is 0 Å². The molecule has 180 valence electrons. The van der Waals surface area contributed by atoms with Crippen molar-refractivity contribution in [3.63, 3.8) is 0 Å². The molecule has 0 aromatic carbocycles. The third-order valence-corrected chi connectivity index (χ3v) is 7.06. The summed E-state index contributed by atoms with van der Waals surface area (Å²) in [4.78, 5) is 0. The van der Waals surface area contributed by atoms with Crippen LogP contribution in [0.2, 0.25) is 0 Å². The van der Waals surface area contributed by atoms with Crippen molar-refractivity contribution in [3.8, 4) is 0 Å². The van der Waals surface area contributed by atoms with E-state index in [0.29, 0.717) is 0 Å². The second-order valence-electron chi connectivity index (χ2n) is 10.0. The zero-order chi connectivity index (χ0) is 22.0. The molecule has 0 saturated heterocycles. The molecule has 0 aliphatic heterocycles. The SMILES string of the molecule is C=CCCCC(CC)CCCCCCCCCCCCCCCCCCCCCC. The van der Waals surface area contributed by atoms with Gasteiger partial charge in [0.15, 0.2) is 0 Å². The average Bonchev–Trinajstić information content (AvgIpc) is 2.76. The molecule has 0 amide bonds. The summed E-state index contributed by atoms with van der Waals surface area (Å²) in [5, 5.41) is 0. The van der Waals surface area contributed by atoms with Gasteiger partial charge in [-0.25, -0.2) is 0 Å². The van der Waals surface area contributed by atoms with Gasteiger partial charge in [0.25, 0.3) is 0 Å². The highest BCUT2D eigenvalue weighted by Crippen LogP contribution is 2.21. The van der Waals surface area contributed by atoms with E-state index in [4.69, 9.17) is 0 Å². The van der Waals surface area contributed by atoms with Crippen LogP contribution in [0, 0.1) is 5.92 Å². The second kappa shape index (κ2) is 26.8. The van der Waals surface area contributed by atoms with Crippen LogP contribution in [0.15, 0.2) is 12.7 Å². The number of hydrogen-bond donors (Lipinski definition) is 0. The van der Waals surface area contributed by atoms with Crippen molar-refractivity contribution in [1.82, 2.24) is 0 Å². The van der Waals surface area contributed by atoms with Crippen molar-refractivity contribution in [2.24, 2.45) is 5.92 Å². The van der Waals surface area contributed by atoms with Gasteiger partial charge < -0.3 is 0 Å². The van der Waals surface area contributed by atoms with Crippen molar-refractivity contribution in [2.45, 2.75) is 174 Å². The lowest BCUT2D eigenvalue weighted by Crippen LogP contribution is -1.98. The van der Waals surface area contributed by atoms with E-state index >= 15 is 0 Å². The molecule has 0 rings (SSSR count). The standard InChI is InChI=1S/C30H60/c1-4-7-9-10-11-12-13-14-15-16-17-18-19-20-21-22-23-24-25-27-29-30(6-3)28-26-8-5-2/h5,30H,2,4,6-29H2,1,3H3. The number of unbranched alkanes of at least 4 members (excludes halogenated alkanes) is 20. The highest BCUT2D eigenvalue weighted by Gasteiger charge is 2.05. The fraction of sp³-hybridized carbons (Fsp3) is 0.933. The predicted molar refractivity (Wildman–Crippen MR) is 140 cm³/mol. The van der Waals surface area contributed by atoms with E-state index in [1.54, 1.807) is 0 Å². The molecule has 30 heavy (non-hydrogen) atoms. The van der Waals surface area contributed by atoms with Crippen LogP contribution in [-0.2, 0) is 0 Å². The van der Waals surface area contributed by atoms with E-state index in [1.165, 1.54) is 161 Å².